The van der Waals surface area contributed by atoms with Gasteiger partial charge in [0.15, 0.2) is 5.96 Å². The van der Waals surface area contributed by atoms with Gasteiger partial charge in [0.1, 0.15) is 5.75 Å². The van der Waals surface area contributed by atoms with E-state index in [1.165, 1.54) is 12.7 Å². The molecule has 2 N–H and O–H groups in total. The molecule has 0 aromatic heterocycles. The number of esters is 1. The molecule has 0 spiro atoms. The fraction of sp³-hybridized carbons (Fsp3) is 0.529. The zero-order valence-corrected chi connectivity index (χ0v) is 17.1. The molecular formula is C17H28IN3O3. The summed E-state index contributed by atoms with van der Waals surface area (Å²) in [6.07, 6.45) is 0.876. The van der Waals surface area contributed by atoms with Gasteiger partial charge < -0.3 is 20.1 Å². The van der Waals surface area contributed by atoms with E-state index < -0.39 is 0 Å². The minimum absolute atomic E-state index is 0. The number of nitrogens with zero attached hydrogens (tertiary/aromatic N) is 1. The molecule has 6 nitrogen and oxygen atoms in total. The highest BCUT2D eigenvalue weighted by Gasteiger charge is 2.12. The van der Waals surface area contributed by atoms with Gasteiger partial charge in [0, 0.05) is 13.1 Å². The van der Waals surface area contributed by atoms with Gasteiger partial charge >= 0.3 is 5.97 Å². The van der Waals surface area contributed by atoms with Crippen LogP contribution in [0.5, 0.6) is 5.75 Å². The Labute approximate surface area is 161 Å². The lowest BCUT2D eigenvalue weighted by Crippen LogP contribution is -2.38. The summed E-state index contributed by atoms with van der Waals surface area (Å²) in [6.45, 7) is 5.72. The first kappa shape index (κ1) is 22.5. The monoisotopic (exact) mass is 449 g/mol. The number of carbonyl (C=O) groups excluding carboxylic acids is 1. The Kier molecular flexibility index (Phi) is 12.0. The van der Waals surface area contributed by atoms with E-state index in [1.807, 2.05) is 31.2 Å². The lowest BCUT2D eigenvalue weighted by atomic mass is 10.1. The number of benzene rings is 1. The number of rotatable bonds is 8. The second-order valence-electron chi connectivity index (χ2n) is 5.17. The van der Waals surface area contributed by atoms with Crippen molar-refractivity contribution in [3.63, 3.8) is 0 Å². The lowest BCUT2D eigenvalue weighted by Gasteiger charge is -2.13. The number of hydrogen-bond acceptors (Lipinski definition) is 4. The van der Waals surface area contributed by atoms with E-state index in [0.717, 1.165) is 25.3 Å². The van der Waals surface area contributed by atoms with Crippen LogP contribution in [0.3, 0.4) is 0 Å². The van der Waals surface area contributed by atoms with Gasteiger partial charge in [-0.25, -0.2) is 0 Å². The summed E-state index contributed by atoms with van der Waals surface area (Å²) < 4.78 is 9.85. The van der Waals surface area contributed by atoms with Gasteiger partial charge in [-0.3, -0.25) is 9.79 Å². The van der Waals surface area contributed by atoms with Crippen molar-refractivity contribution >= 4 is 35.9 Å². The van der Waals surface area contributed by atoms with Crippen LogP contribution in [0.4, 0.5) is 0 Å². The molecular weight excluding hydrogens is 421 g/mol. The second-order valence-corrected chi connectivity index (χ2v) is 5.17. The maximum absolute atomic E-state index is 11.4. The molecule has 0 aliphatic carbocycles. The first-order valence-electron chi connectivity index (χ1n) is 7.83. The van der Waals surface area contributed by atoms with Crippen molar-refractivity contribution in [2.45, 2.75) is 20.3 Å². The third-order valence-corrected chi connectivity index (χ3v) is 3.34. The van der Waals surface area contributed by atoms with E-state index in [-0.39, 0.29) is 35.9 Å². The maximum atomic E-state index is 11.4. The van der Waals surface area contributed by atoms with Gasteiger partial charge in [0.05, 0.1) is 26.7 Å². The number of hydrogen-bond donors (Lipinski definition) is 2. The van der Waals surface area contributed by atoms with Crippen molar-refractivity contribution in [1.29, 1.82) is 0 Å². The van der Waals surface area contributed by atoms with E-state index in [4.69, 9.17) is 9.47 Å². The molecule has 7 heteroatoms. The molecule has 1 aromatic carbocycles. The fourth-order valence-corrected chi connectivity index (χ4v) is 1.96. The number of ether oxygens (including phenoxy) is 2. The number of methoxy groups -OCH3 is 2. The van der Waals surface area contributed by atoms with Gasteiger partial charge in [-0.2, -0.15) is 0 Å². The van der Waals surface area contributed by atoms with Crippen LogP contribution < -0.4 is 15.4 Å². The molecule has 24 heavy (non-hydrogen) atoms. The molecule has 0 heterocycles. The number of carbonyl (C=O) groups is 1. The Balaban J connectivity index is 0.00000529. The predicted molar refractivity (Wildman–Crippen MR) is 107 cm³/mol. The van der Waals surface area contributed by atoms with Crippen LogP contribution in [0, 0.1) is 5.92 Å². The van der Waals surface area contributed by atoms with Gasteiger partial charge in [-0.1, -0.05) is 19.1 Å². The van der Waals surface area contributed by atoms with Crippen molar-refractivity contribution < 1.29 is 14.3 Å². The SMILES string of the molecule is CCNC(=NCC(C)C(=O)OC)NCCc1ccc(OC)cc1.I. The smallest absolute Gasteiger partial charge is 0.310 e. The summed E-state index contributed by atoms with van der Waals surface area (Å²) in [5.74, 6) is 1.06. The minimum atomic E-state index is -0.253. The van der Waals surface area contributed by atoms with Gasteiger partial charge in [0.2, 0.25) is 0 Å². The summed E-state index contributed by atoms with van der Waals surface area (Å²) >= 11 is 0. The summed E-state index contributed by atoms with van der Waals surface area (Å²) in [4.78, 5) is 15.8. The van der Waals surface area contributed by atoms with Gasteiger partial charge in [-0.05, 0) is 31.0 Å². The highest BCUT2D eigenvalue weighted by Crippen LogP contribution is 2.11. The van der Waals surface area contributed by atoms with E-state index in [2.05, 4.69) is 15.6 Å². The summed E-state index contributed by atoms with van der Waals surface area (Å²) in [5, 5.41) is 6.43. The van der Waals surface area contributed by atoms with E-state index in [9.17, 15) is 4.79 Å². The third-order valence-electron chi connectivity index (χ3n) is 3.34. The van der Waals surface area contributed by atoms with Gasteiger partial charge in [0.25, 0.3) is 0 Å². The van der Waals surface area contributed by atoms with Gasteiger partial charge in [-0.15, -0.1) is 24.0 Å². The van der Waals surface area contributed by atoms with E-state index in [0.29, 0.717) is 12.5 Å². The standard InChI is InChI=1S/C17H27N3O3.HI/c1-5-18-17(20-12-13(2)16(21)23-4)19-11-10-14-6-8-15(22-3)9-7-14;/h6-9,13H,5,10-12H2,1-4H3,(H2,18,19,20);1H. The molecule has 1 unspecified atom stereocenters. The molecule has 0 radical (unpaired) electrons. The molecule has 0 amide bonds. The fourth-order valence-electron chi connectivity index (χ4n) is 1.96. The Hall–Kier alpha value is -1.51. The van der Waals surface area contributed by atoms with Crippen LogP contribution in [-0.2, 0) is 16.0 Å². The van der Waals surface area contributed by atoms with E-state index in [1.54, 1.807) is 14.0 Å². The van der Waals surface area contributed by atoms with Crippen LogP contribution in [0.1, 0.15) is 19.4 Å². The largest absolute Gasteiger partial charge is 0.497 e. The van der Waals surface area contributed by atoms with Crippen LogP contribution in [0.15, 0.2) is 29.3 Å². The summed E-state index contributed by atoms with van der Waals surface area (Å²) in [6, 6.07) is 7.99. The zero-order valence-electron chi connectivity index (χ0n) is 14.8. The number of aliphatic imine (C=N–C) groups is 1. The average Bonchev–Trinajstić information content (AvgIpc) is 2.59. The van der Waals surface area contributed by atoms with Crippen molar-refractivity contribution in [2.24, 2.45) is 10.9 Å². The highest BCUT2D eigenvalue weighted by atomic mass is 127. The molecule has 0 aliphatic rings. The highest BCUT2D eigenvalue weighted by molar-refractivity contribution is 14.0. The molecule has 0 fully saturated rings. The number of nitrogens with one attached hydrogen (secondary N) is 2. The van der Waals surface area contributed by atoms with Crippen LogP contribution in [0.2, 0.25) is 0 Å². The van der Waals surface area contributed by atoms with Crippen molar-refractivity contribution in [3.8, 4) is 5.75 Å². The molecule has 1 atom stereocenters. The normalized spacial score (nSPS) is 11.9. The first-order valence-corrected chi connectivity index (χ1v) is 7.83. The van der Waals surface area contributed by atoms with Crippen molar-refractivity contribution in [1.82, 2.24) is 10.6 Å². The quantitative estimate of drug-likeness (QED) is 0.276. The zero-order chi connectivity index (χ0) is 17.1. The molecule has 1 rings (SSSR count). The van der Waals surface area contributed by atoms with Crippen molar-refractivity contribution in [3.05, 3.63) is 29.8 Å². The average molecular weight is 449 g/mol. The molecule has 136 valence electrons. The van der Waals surface area contributed by atoms with E-state index >= 15 is 0 Å². The summed E-state index contributed by atoms with van der Waals surface area (Å²) in [5.41, 5.74) is 1.22. The van der Waals surface area contributed by atoms with Crippen LogP contribution in [0.25, 0.3) is 0 Å². The topological polar surface area (TPSA) is 72.0 Å². The molecule has 0 bridgehead atoms. The Morgan fingerprint density at radius 3 is 2.42 bits per heavy atom. The molecule has 0 aliphatic heterocycles. The Bertz CT molecular complexity index is 506. The minimum Gasteiger partial charge on any atom is -0.497 e. The van der Waals surface area contributed by atoms with Crippen LogP contribution in [-0.4, -0.2) is 45.8 Å². The number of halogens is 1. The predicted octanol–water partition coefficient (Wildman–Crippen LogP) is 2.22. The number of guanidine groups is 1. The third kappa shape index (κ3) is 8.37. The lowest BCUT2D eigenvalue weighted by molar-refractivity contribution is -0.144. The maximum Gasteiger partial charge on any atom is 0.310 e. The Morgan fingerprint density at radius 1 is 1.21 bits per heavy atom. The summed E-state index contributed by atoms with van der Waals surface area (Å²) in [7, 11) is 3.05. The second kappa shape index (κ2) is 12.9. The first-order chi connectivity index (χ1) is 11.1. The molecule has 0 saturated carbocycles. The Morgan fingerprint density at radius 2 is 1.88 bits per heavy atom. The molecule has 1 aromatic rings. The van der Waals surface area contributed by atoms with Crippen LogP contribution >= 0.6 is 24.0 Å². The molecule has 0 saturated heterocycles. The van der Waals surface area contributed by atoms with Crippen molar-refractivity contribution in [2.75, 3.05) is 33.9 Å².